The summed E-state index contributed by atoms with van der Waals surface area (Å²) in [6.07, 6.45) is 9.31. The van der Waals surface area contributed by atoms with Gasteiger partial charge in [-0.05, 0) is 26.0 Å². The number of nitrogens with one attached hydrogen (secondary N) is 1. The van der Waals surface area contributed by atoms with Crippen LogP contribution in [0, 0.1) is 0 Å². The lowest BCUT2D eigenvalue weighted by Crippen LogP contribution is -2.39. The maximum atomic E-state index is 12.2. The zero-order valence-electron chi connectivity index (χ0n) is 11.9. The van der Waals surface area contributed by atoms with Gasteiger partial charge >= 0.3 is 0 Å². The fraction of sp³-hybridized carbons (Fsp3) is 0.769. The third-order valence-corrected chi connectivity index (χ3v) is 6.49. The lowest BCUT2D eigenvalue weighted by Gasteiger charge is -2.18. The Morgan fingerprint density at radius 3 is 2.50 bits per heavy atom. The molecular weight excluding hydrogens is 310 g/mol. The molecule has 0 saturated heterocycles. The molecule has 1 aromatic heterocycles. The van der Waals surface area contributed by atoms with Gasteiger partial charge in [0.25, 0.3) is 0 Å². The highest BCUT2D eigenvalue weighted by atomic mass is 32.2. The molecule has 1 N–H and O–H groups in total. The average Bonchev–Trinajstić information content (AvgIpc) is 2.74. The van der Waals surface area contributed by atoms with Crippen LogP contribution in [0.3, 0.4) is 0 Å². The highest BCUT2D eigenvalue weighted by Gasteiger charge is 2.21. The zero-order chi connectivity index (χ0) is 14.4. The molecule has 1 heterocycles. The Morgan fingerprint density at radius 1 is 1.25 bits per heavy atom. The van der Waals surface area contributed by atoms with Crippen LogP contribution in [0.2, 0.25) is 0 Å². The zero-order valence-corrected chi connectivity index (χ0v) is 14.4. The number of carbonyl (C=O) groups is 1. The quantitative estimate of drug-likeness (QED) is 0.660. The molecule has 0 aliphatic heterocycles. The van der Waals surface area contributed by atoms with Crippen LogP contribution >= 0.6 is 34.9 Å². The Balaban J connectivity index is 1.81. The number of rotatable bonds is 5. The molecule has 4 nitrogen and oxygen atoms in total. The van der Waals surface area contributed by atoms with Crippen LogP contribution in [0.4, 0.5) is 0 Å². The molecule has 1 atom stereocenters. The third kappa shape index (κ3) is 4.93. The predicted octanol–water partition coefficient (Wildman–Crippen LogP) is 3.58. The van der Waals surface area contributed by atoms with Gasteiger partial charge in [0.15, 0.2) is 8.68 Å². The standard InChI is InChI=1S/C13H21N3OS3/c1-9(19-13-16-15-12(18-2)20-13)11(17)14-10-7-5-3-4-6-8-10/h9-10H,3-8H2,1-2H3,(H,14,17)/t9-/m1/s1. The van der Waals surface area contributed by atoms with Crippen molar-refractivity contribution >= 4 is 40.8 Å². The first kappa shape index (κ1) is 16.1. The average molecular weight is 332 g/mol. The first-order valence-corrected chi connectivity index (χ1v) is 9.95. The normalized spacial score (nSPS) is 18.5. The van der Waals surface area contributed by atoms with Gasteiger partial charge < -0.3 is 5.32 Å². The maximum Gasteiger partial charge on any atom is 0.233 e. The van der Waals surface area contributed by atoms with Gasteiger partial charge in [-0.25, -0.2) is 0 Å². The van der Waals surface area contributed by atoms with E-state index < -0.39 is 0 Å². The Bertz CT molecular complexity index is 430. The van der Waals surface area contributed by atoms with Crippen molar-refractivity contribution in [3.05, 3.63) is 0 Å². The van der Waals surface area contributed by atoms with Gasteiger partial charge in [-0.1, -0.05) is 60.5 Å². The first-order valence-electron chi connectivity index (χ1n) is 7.03. The third-order valence-electron chi connectivity index (χ3n) is 3.41. The number of amides is 1. The van der Waals surface area contributed by atoms with Gasteiger partial charge in [-0.15, -0.1) is 10.2 Å². The fourth-order valence-electron chi connectivity index (χ4n) is 2.27. The molecule has 20 heavy (non-hydrogen) atoms. The summed E-state index contributed by atoms with van der Waals surface area (Å²) in [4.78, 5) is 12.2. The largest absolute Gasteiger partial charge is 0.352 e. The van der Waals surface area contributed by atoms with Crippen LogP contribution in [-0.2, 0) is 4.79 Å². The molecule has 0 bridgehead atoms. The minimum absolute atomic E-state index is 0.110. The van der Waals surface area contributed by atoms with Crippen LogP contribution in [-0.4, -0.2) is 33.7 Å². The molecule has 0 unspecified atom stereocenters. The lowest BCUT2D eigenvalue weighted by atomic mass is 10.1. The van der Waals surface area contributed by atoms with Gasteiger partial charge in [-0.3, -0.25) is 4.79 Å². The van der Waals surface area contributed by atoms with Crippen molar-refractivity contribution in [3.8, 4) is 0 Å². The molecule has 1 aliphatic carbocycles. The van der Waals surface area contributed by atoms with Crippen molar-refractivity contribution < 1.29 is 4.79 Å². The van der Waals surface area contributed by atoms with Crippen LogP contribution in [0.5, 0.6) is 0 Å². The smallest absolute Gasteiger partial charge is 0.233 e. The molecule has 0 spiro atoms. The Hall–Kier alpha value is -0.270. The van der Waals surface area contributed by atoms with Crippen molar-refractivity contribution in [2.24, 2.45) is 0 Å². The molecule has 7 heteroatoms. The van der Waals surface area contributed by atoms with E-state index in [1.165, 1.54) is 37.4 Å². The van der Waals surface area contributed by atoms with Crippen molar-refractivity contribution in [1.29, 1.82) is 0 Å². The van der Waals surface area contributed by atoms with Crippen molar-refractivity contribution in [3.63, 3.8) is 0 Å². The van der Waals surface area contributed by atoms with Gasteiger partial charge in [0.1, 0.15) is 0 Å². The van der Waals surface area contributed by atoms with E-state index in [9.17, 15) is 4.79 Å². The number of nitrogens with zero attached hydrogens (tertiary/aromatic N) is 2. The second-order valence-electron chi connectivity index (χ2n) is 5.00. The highest BCUT2D eigenvalue weighted by molar-refractivity contribution is 8.03. The Morgan fingerprint density at radius 2 is 1.90 bits per heavy atom. The van der Waals surface area contributed by atoms with Crippen LogP contribution < -0.4 is 5.32 Å². The van der Waals surface area contributed by atoms with Crippen molar-refractivity contribution in [2.45, 2.75) is 65.4 Å². The number of carbonyl (C=O) groups excluding carboxylic acids is 1. The van der Waals surface area contributed by atoms with Crippen LogP contribution in [0.1, 0.15) is 45.4 Å². The second kappa shape index (κ2) is 8.24. The van der Waals surface area contributed by atoms with Crippen LogP contribution in [0.15, 0.2) is 8.68 Å². The second-order valence-corrected chi connectivity index (χ2v) is 8.61. The molecule has 0 radical (unpaired) electrons. The monoisotopic (exact) mass is 331 g/mol. The number of hydrogen-bond donors (Lipinski definition) is 1. The molecule has 1 saturated carbocycles. The van der Waals surface area contributed by atoms with E-state index in [4.69, 9.17) is 0 Å². The first-order chi connectivity index (χ1) is 9.69. The molecule has 1 aliphatic rings. The molecule has 1 amide bonds. The van der Waals surface area contributed by atoms with Gasteiger partial charge in [0.2, 0.25) is 5.91 Å². The fourth-order valence-corrected chi connectivity index (χ4v) is 4.87. The van der Waals surface area contributed by atoms with E-state index in [1.54, 1.807) is 23.1 Å². The Kier molecular flexibility index (Phi) is 6.64. The minimum atomic E-state index is -0.110. The topological polar surface area (TPSA) is 54.9 Å². The maximum absolute atomic E-state index is 12.2. The molecule has 112 valence electrons. The summed E-state index contributed by atoms with van der Waals surface area (Å²) >= 11 is 4.64. The summed E-state index contributed by atoms with van der Waals surface area (Å²) < 4.78 is 1.82. The summed E-state index contributed by atoms with van der Waals surface area (Å²) in [6.45, 7) is 1.94. The summed E-state index contributed by atoms with van der Waals surface area (Å²) in [5, 5.41) is 11.2. The summed E-state index contributed by atoms with van der Waals surface area (Å²) in [6, 6.07) is 0.365. The highest BCUT2D eigenvalue weighted by Crippen LogP contribution is 2.30. The van der Waals surface area contributed by atoms with E-state index in [0.29, 0.717) is 6.04 Å². The minimum Gasteiger partial charge on any atom is -0.352 e. The van der Waals surface area contributed by atoms with E-state index in [1.807, 2.05) is 13.2 Å². The molecule has 1 fully saturated rings. The molecular formula is C13H21N3OS3. The van der Waals surface area contributed by atoms with Crippen molar-refractivity contribution in [1.82, 2.24) is 15.5 Å². The molecule has 0 aromatic carbocycles. The predicted molar refractivity (Wildman–Crippen MR) is 86.6 cm³/mol. The van der Waals surface area contributed by atoms with E-state index in [-0.39, 0.29) is 11.2 Å². The van der Waals surface area contributed by atoms with E-state index in [2.05, 4.69) is 15.5 Å². The summed E-state index contributed by atoms with van der Waals surface area (Å²) in [5.74, 6) is 0.128. The van der Waals surface area contributed by atoms with Crippen LogP contribution in [0.25, 0.3) is 0 Å². The molecule has 1 aromatic rings. The SMILES string of the molecule is CSc1nnc(S[C@H](C)C(=O)NC2CCCCCC2)s1. The van der Waals surface area contributed by atoms with Gasteiger partial charge in [0.05, 0.1) is 5.25 Å². The summed E-state index contributed by atoms with van der Waals surface area (Å²) in [7, 11) is 0. The van der Waals surface area contributed by atoms with Gasteiger partial charge in [-0.2, -0.15) is 0 Å². The van der Waals surface area contributed by atoms with E-state index in [0.717, 1.165) is 21.5 Å². The van der Waals surface area contributed by atoms with E-state index >= 15 is 0 Å². The Labute approximate surface area is 132 Å². The number of hydrogen-bond acceptors (Lipinski definition) is 6. The molecule has 2 rings (SSSR count). The summed E-state index contributed by atoms with van der Waals surface area (Å²) in [5.41, 5.74) is 0. The van der Waals surface area contributed by atoms with Crippen molar-refractivity contribution in [2.75, 3.05) is 6.26 Å². The van der Waals surface area contributed by atoms with Gasteiger partial charge in [0, 0.05) is 6.04 Å². The number of aromatic nitrogens is 2. The lowest BCUT2D eigenvalue weighted by molar-refractivity contribution is -0.121. The number of thioether (sulfide) groups is 2.